The predicted molar refractivity (Wildman–Crippen MR) is 81.4 cm³/mol. The molecule has 2 aromatic rings. The zero-order valence-electron chi connectivity index (χ0n) is 13.1. The van der Waals surface area contributed by atoms with Crippen molar-refractivity contribution in [2.75, 3.05) is 0 Å². The number of carbonyl (C=O) groups excluding carboxylic acids is 1. The molecule has 0 aliphatic rings. The van der Waals surface area contributed by atoms with Crippen molar-refractivity contribution < 1.29 is 13.6 Å². The Kier molecular flexibility index (Phi) is 5.35. The molecule has 0 aliphatic carbocycles. The van der Waals surface area contributed by atoms with Gasteiger partial charge in [-0.25, -0.2) is 8.78 Å². The molecule has 23 heavy (non-hydrogen) atoms. The van der Waals surface area contributed by atoms with E-state index in [1.165, 1.54) is 4.68 Å². The molecule has 0 aromatic carbocycles. The summed E-state index contributed by atoms with van der Waals surface area (Å²) in [7, 11) is 0. The Hall–Kier alpha value is -1.96. The van der Waals surface area contributed by atoms with Gasteiger partial charge >= 0.3 is 0 Å². The summed E-state index contributed by atoms with van der Waals surface area (Å²) < 4.78 is 28.4. The standard InChI is InChI=1S/C14H18ClF2N5O/c1-4-21-6-5-10(19-21)8(2)18-11(23)7-22-9(3)12(15)13(20-22)14(16)17/h5-6,8,14H,4,7H2,1-3H3,(H,18,23). The van der Waals surface area contributed by atoms with Crippen LogP contribution in [0.1, 0.15) is 43.4 Å². The smallest absolute Gasteiger partial charge is 0.283 e. The molecule has 0 fully saturated rings. The number of nitrogens with zero attached hydrogens (tertiary/aromatic N) is 4. The molecule has 0 bridgehead atoms. The third kappa shape index (κ3) is 3.87. The lowest BCUT2D eigenvalue weighted by molar-refractivity contribution is -0.122. The molecule has 2 heterocycles. The van der Waals surface area contributed by atoms with E-state index >= 15 is 0 Å². The highest BCUT2D eigenvalue weighted by molar-refractivity contribution is 6.31. The van der Waals surface area contributed by atoms with Crippen molar-refractivity contribution in [2.24, 2.45) is 0 Å². The van der Waals surface area contributed by atoms with Gasteiger partial charge in [0.25, 0.3) is 6.43 Å². The third-order valence-corrected chi connectivity index (χ3v) is 3.93. The number of nitrogens with one attached hydrogen (secondary N) is 1. The van der Waals surface area contributed by atoms with E-state index in [0.29, 0.717) is 5.69 Å². The van der Waals surface area contributed by atoms with Crippen LogP contribution in [-0.4, -0.2) is 25.5 Å². The summed E-state index contributed by atoms with van der Waals surface area (Å²) in [5.41, 5.74) is 0.551. The Morgan fingerprint density at radius 3 is 2.65 bits per heavy atom. The molecule has 0 saturated heterocycles. The summed E-state index contributed by atoms with van der Waals surface area (Å²) in [6.07, 6.45) is -0.952. The van der Waals surface area contributed by atoms with E-state index in [1.54, 1.807) is 18.5 Å². The Morgan fingerprint density at radius 2 is 2.13 bits per heavy atom. The highest BCUT2D eigenvalue weighted by atomic mass is 35.5. The lowest BCUT2D eigenvalue weighted by Gasteiger charge is -2.12. The number of carbonyl (C=O) groups is 1. The molecule has 0 radical (unpaired) electrons. The van der Waals surface area contributed by atoms with E-state index in [2.05, 4.69) is 15.5 Å². The van der Waals surface area contributed by atoms with E-state index in [0.717, 1.165) is 12.2 Å². The van der Waals surface area contributed by atoms with Gasteiger partial charge in [0.15, 0.2) is 0 Å². The largest absolute Gasteiger partial charge is 0.346 e. The molecule has 2 aromatic heterocycles. The van der Waals surface area contributed by atoms with Gasteiger partial charge in [-0.15, -0.1) is 0 Å². The van der Waals surface area contributed by atoms with E-state index < -0.39 is 12.1 Å². The maximum atomic E-state index is 12.8. The molecule has 1 N–H and O–H groups in total. The van der Waals surface area contributed by atoms with Crippen LogP contribution >= 0.6 is 11.6 Å². The van der Waals surface area contributed by atoms with E-state index in [9.17, 15) is 13.6 Å². The second-order valence-corrected chi connectivity index (χ2v) is 5.51. The average Bonchev–Trinajstić information content (AvgIpc) is 3.07. The second-order valence-electron chi connectivity index (χ2n) is 5.13. The van der Waals surface area contributed by atoms with E-state index in [4.69, 9.17) is 11.6 Å². The molecular formula is C14H18ClF2N5O. The van der Waals surface area contributed by atoms with Crippen molar-refractivity contribution in [2.45, 2.75) is 46.3 Å². The van der Waals surface area contributed by atoms with E-state index in [1.807, 2.05) is 19.2 Å². The van der Waals surface area contributed by atoms with Crippen LogP contribution in [0.15, 0.2) is 12.3 Å². The molecule has 0 aliphatic heterocycles. The number of amides is 1. The van der Waals surface area contributed by atoms with Gasteiger partial charge in [-0.3, -0.25) is 14.2 Å². The Bertz CT molecular complexity index is 697. The average molecular weight is 346 g/mol. The highest BCUT2D eigenvalue weighted by Crippen LogP contribution is 2.28. The minimum absolute atomic E-state index is 0.109. The van der Waals surface area contributed by atoms with Crippen molar-refractivity contribution in [3.63, 3.8) is 0 Å². The molecule has 6 nitrogen and oxygen atoms in total. The van der Waals surface area contributed by atoms with Crippen molar-refractivity contribution in [3.05, 3.63) is 34.4 Å². The molecule has 126 valence electrons. The minimum atomic E-state index is -2.78. The van der Waals surface area contributed by atoms with Crippen LogP contribution in [-0.2, 0) is 17.9 Å². The first kappa shape index (κ1) is 17.4. The van der Waals surface area contributed by atoms with Crippen LogP contribution in [0.25, 0.3) is 0 Å². The van der Waals surface area contributed by atoms with Gasteiger partial charge in [0.1, 0.15) is 12.2 Å². The van der Waals surface area contributed by atoms with Crippen LogP contribution in [0.2, 0.25) is 5.02 Å². The lowest BCUT2D eigenvalue weighted by Crippen LogP contribution is -2.31. The quantitative estimate of drug-likeness (QED) is 0.875. The van der Waals surface area contributed by atoms with Crippen LogP contribution in [0.4, 0.5) is 8.78 Å². The van der Waals surface area contributed by atoms with Gasteiger partial charge in [-0.2, -0.15) is 10.2 Å². The fourth-order valence-electron chi connectivity index (χ4n) is 2.12. The Balaban J connectivity index is 2.03. The van der Waals surface area contributed by atoms with Gasteiger partial charge < -0.3 is 5.32 Å². The maximum absolute atomic E-state index is 12.8. The highest BCUT2D eigenvalue weighted by Gasteiger charge is 2.22. The SMILES string of the molecule is CCn1ccc(C(C)NC(=O)Cn2nc(C(F)F)c(Cl)c2C)n1. The zero-order chi connectivity index (χ0) is 17.1. The van der Waals surface area contributed by atoms with Crippen LogP contribution in [0, 0.1) is 6.92 Å². The number of hydrogen-bond donors (Lipinski definition) is 1. The van der Waals surface area contributed by atoms with Crippen molar-refractivity contribution in [3.8, 4) is 0 Å². The normalized spacial score (nSPS) is 12.7. The van der Waals surface area contributed by atoms with Crippen LogP contribution < -0.4 is 5.32 Å². The maximum Gasteiger partial charge on any atom is 0.283 e. The molecule has 9 heteroatoms. The number of aryl methyl sites for hydroxylation is 1. The summed E-state index contributed by atoms with van der Waals surface area (Å²) >= 11 is 5.80. The predicted octanol–water partition coefficient (Wildman–Crippen LogP) is 2.88. The van der Waals surface area contributed by atoms with Gasteiger partial charge in [-0.05, 0) is 26.8 Å². The molecule has 1 atom stereocenters. The lowest BCUT2D eigenvalue weighted by atomic mass is 10.2. The Labute approximate surface area is 137 Å². The van der Waals surface area contributed by atoms with Crippen molar-refractivity contribution in [1.82, 2.24) is 24.9 Å². The first-order chi connectivity index (χ1) is 10.8. The molecule has 1 unspecified atom stereocenters. The summed E-state index contributed by atoms with van der Waals surface area (Å²) in [4.78, 5) is 12.1. The van der Waals surface area contributed by atoms with E-state index in [-0.39, 0.29) is 23.5 Å². The first-order valence-corrected chi connectivity index (χ1v) is 7.55. The number of hydrogen-bond acceptors (Lipinski definition) is 3. The van der Waals surface area contributed by atoms with Crippen molar-refractivity contribution in [1.29, 1.82) is 0 Å². The molecular weight excluding hydrogens is 328 g/mol. The fourth-order valence-corrected chi connectivity index (χ4v) is 2.34. The number of alkyl halides is 2. The molecule has 0 spiro atoms. The number of aromatic nitrogens is 4. The third-order valence-electron chi connectivity index (χ3n) is 3.46. The second kappa shape index (κ2) is 7.08. The minimum Gasteiger partial charge on any atom is -0.346 e. The van der Waals surface area contributed by atoms with Crippen molar-refractivity contribution >= 4 is 17.5 Å². The summed E-state index contributed by atoms with van der Waals surface area (Å²) in [5.74, 6) is -0.355. The monoisotopic (exact) mass is 345 g/mol. The number of halogens is 3. The van der Waals surface area contributed by atoms with Crippen LogP contribution in [0.5, 0.6) is 0 Å². The topological polar surface area (TPSA) is 64.7 Å². The zero-order valence-corrected chi connectivity index (χ0v) is 13.8. The van der Waals surface area contributed by atoms with Gasteiger partial charge in [0.2, 0.25) is 5.91 Å². The van der Waals surface area contributed by atoms with Gasteiger partial charge in [0, 0.05) is 12.7 Å². The Morgan fingerprint density at radius 1 is 1.43 bits per heavy atom. The summed E-state index contributed by atoms with van der Waals surface area (Å²) in [6.45, 7) is 5.86. The van der Waals surface area contributed by atoms with Crippen LogP contribution in [0.3, 0.4) is 0 Å². The molecule has 2 rings (SSSR count). The molecule has 1 amide bonds. The fraction of sp³-hybridized carbons (Fsp3) is 0.500. The molecule has 0 saturated carbocycles. The number of rotatable bonds is 6. The first-order valence-electron chi connectivity index (χ1n) is 7.17. The van der Waals surface area contributed by atoms with Gasteiger partial charge in [-0.1, -0.05) is 11.6 Å². The summed E-state index contributed by atoms with van der Waals surface area (Å²) in [5, 5.41) is 10.7. The summed E-state index contributed by atoms with van der Waals surface area (Å²) in [6, 6.07) is 1.52. The van der Waals surface area contributed by atoms with Gasteiger partial charge in [0.05, 0.1) is 22.5 Å².